The number of anilines is 1. The summed E-state index contributed by atoms with van der Waals surface area (Å²) >= 11 is 0. The Hall–Kier alpha value is -2.69. The molecule has 2 heterocycles. The summed E-state index contributed by atoms with van der Waals surface area (Å²) in [6.45, 7) is 0.182. The number of amides is 2. The molecule has 0 aliphatic carbocycles. The number of nitrogens with one attached hydrogen (secondary N) is 1. The molecule has 2 aromatic rings. The van der Waals surface area contributed by atoms with Gasteiger partial charge in [-0.1, -0.05) is 12.1 Å². The van der Waals surface area contributed by atoms with Crippen LogP contribution in [0.25, 0.3) is 0 Å². The van der Waals surface area contributed by atoms with Crippen molar-refractivity contribution in [2.45, 2.75) is 6.54 Å². The lowest BCUT2D eigenvalue weighted by Crippen LogP contribution is -2.29. The van der Waals surface area contributed by atoms with Crippen molar-refractivity contribution in [3.63, 3.8) is 0 Å². The normalized spacial score (nSPS) is 13.6. The van der Waals surface area contributed by atoms with Crippen LogP contribution < -0.4 is 5.32 Å². The van der Waals surface area contributed by atoms with Crippen LogP contribution in [0.15, 0.2) is 42.6 Å². The second-order valence-electron chi connectivity index (χ2n) is 4.53. The van der Waals surface area contributed by atoms with Crippen molar-refractivity contribution in [1.82, 2.24) is 9.88 Å². The van der Waals surface area contributed by atoms with E-state index in [0.717, 1.165) is 5.69 Å². The number of pyridine rings is 1. The summed E-state index contributed by atoms with van der Waals surface area (Å²) in [4.78, 5) is 29.9. The largest absolute Gasteiger partial charge is 0.388 e. The number of carbonyl (C=O) groups excluding carboxylic acids is 2. The van der Waals surface area contributed by atoms with Gasteiger partial charge in [-0.15, -0.1) is 0 Å². The maximum absolute atomic E-state index is 12.2. The first kappa shape index (κ1) is 12.3. The van der Waals surface area contributed by atoms with E-state index in [1.54, 1.807) is 37.5 Å². The molecule has 0 saturated heterocycles. The van der Waals surface area contributed by atoms with Crippen LogP contribution in [0.5, 0.6) is 0 Å². The Morgan fingerprint density at radius 3 is 2.35 bits per heavy atom. The number of hydrogen-bond donors (Lipinski definition) is 1. The fourth-order valence-electron chi connectivity index (χ4n) is 2.26. The van der Waals surface area contributed by atoms with Gasteiger partial charge in [-0.2, -0.15) is 0 Å². The first-order valence-electron chi connectivity index (χ1n) is 6.28. The molecule has 0 unspecified atom stereocenters. The zero-order valence-corrected chi connectivity index (χ0v) is 11.0. The van der Waals surface area contributed by atoms with Gasteiger partial charge in [0.1, 0.15) is 0 Å². The lowest BCUT2D eigenvalue weighted by Gasteiger charge is -2.13. The third-order valence-corrected chi connectivity index (χ3v) is 3.30. The van der Waals surface area contributed by atoms with Gasteiger partial charge in [0, 0.05) is 18.9 Å². The number of aromatic nitrogens is 1. The SMILES string of the molecule is CNc1ccnc(CN2C(=O)c3ccccc3C2=O)c1. The van der Waals surface area contributed by atoms with Crippen molar-refractivity contribution in [3.8, 4) is 0 Å². The standard InChI is InChI=1S/C15H13N3O2/c1-16-10-6-7-17-11(8-10)9-18-14(19)12-4-2-3-5-13(12)15(18)20/h2-8H,9H2,1H3,(H,16,17). The van der Waals surface area contributed by atoms with Crippen molar-refractivity contribution >= 4 is 17.5 Å². The van der Waals surface area contributed by atoms with Gasteiger partial charge in [0.05, 0.1) is 23.4 Å². The van der Waals surface area contributed by atoms with Crippen LogP contribution in [-0.2, 0) is 6.54 Å². The number of carbonyl (C=O) groups is 2. The molecule has 3 rings (SSSR count). The van der Waals surface area contributed by atoms with Gasteiger partial charge in [0.25, 0.3) is 11.8 Å². The Balaban J connectivity index is 1.89. The molecule has 0 radical (unpaired) electrons. The van der Waals surface area contributed by atoms with E-state index < -0.39 is 0 Å². The van der Waals surface area contributed by atoms with Crippen LogP contribution in [-0.4, -0.2) is 28.7 Å². The fraction of sp³-hybridized carbons (Fsp3) is 0.133. The van der Waals surface area contributed by atoms with Crippen molar-refractivity contribution in [2.75, 3.05) is 12.4 Å². The Morgan fingerprint density at radius 1 is 1.10 bits per heavy atom. The summed E-state index contributed by atoms with van der Waals surface area (Å²) in [6, 6.07) is 10.5. The molecule has 100 valence electrons. The van der Waals surface area contributed by atoms with E-state index in [1.807, 2.05) is 12.1 Å². The average Bonchev–Trinajstić information content (AvgIpc) is 2.73. The van der Waals surface area contributed by atoms with Crippen molar-refractivity contribution in [2.24, 2.45) is 0 Å². The molecular weight excluding hydrogens is 254 g/mol. The van der Waals surface area contributed by atoms with E-state index in [-0.39, 0.29) is 18.4 Å². The highest BCUT2D eigenvalue weighted by molar-refractivity contribution is 6.21. The Morgan fingerprint density at radius 2 is 1.75 bits per heavy atom. The van der Waals surface area contributed by atoms with E-state index >= 15 is 0 Å². The summed E-state index contributed by atoms with van der Waals surface area (Å²) in [7, 11) is 1.81. The summed E-state index contributed by atoms with van der Waals surface area (Å²) in [6.07, 6.45) is 1.65. The minimum Gasteiger partial charge on any atom is -0.388 e. The molecule has 0 spiro atoms. The first-order chi connectivity index (χ1) is 9.70. The molecule has 1 aliphatic heterocycles. The number of benzene rings is 1. The molecule has 0 atom stereocenters. The first-order valence-corrected chi connectivity index (χ1v) is 6.28. The summed E-state index contributed by atoms with van der Waals surface area (Å²) in [5.41, 5.74) is 2.49. The zero-order valence-electron chi connectivity index (χ0n) is 11.0. The lowest BCUT2D eigenvalue weighted by atomic mass is 10.1. The van der Waals surface area contributed by atoms with Crippen molar-refractivity contribution in [3.05, 3.63) is 59.4 Å². The van der Waals surface area contributed by atoms with Gasteiger partial charge in [0.2, 0.25) is 0 Å². The Labute approximate surface area is 116 Å². The topological polar surface area (TPSA) is 62.3 Å². The highest BCUT2D eigenvalue weighted by atomic mass is 16.2. The molecule has 0 saturated carbocycles. The quantitative estimate of drug-likeness (QED) is 0.863. The van der Waals surface area contributed by atoms with Gasteiger partial charge in [-0.25, -0.2) is 0 Å². The fourth-order valence-corrected chi connectivity index (χ4v) is 2.26. The van der Waals surface area contributed by atoms with Crippen LogP contribution in [0.3, 0.4) is 0 Å². The van der Waals surface area contributed by atoms with Gasteiger partial charge < -0.3 is 5.32 Å². The van der Waals surface area contributed by atoms with E-state index in [2.05, 4.69) is 10.3 Å². The molecule has 2 amide bonds. The molecule has 5 heteroatoms. The minimum atomic E-state index is -0.262. The molecule has 1 aromatic heterocycles. The van der Waals surface area contributed by atoms with Gasteiger partial charge >= 0.3 is 0 Å². The van der Waals surface area contributed by atoms with E-state index in [0.29, 0.717) is 16.8 Å². The second-order valence-corrected chi connectivity index (χ2v) is 4.53. The Bertz CT molecular complexity index is 662. The number of rotatable bonds is 3. The molecule has 1 aromatic carbocycles. The van der Waals surface area contributed by atoms with Crippen LogP contribution in [0.2, 0.25) is 0 Å². The predicted molar refractivity (Wildman–Crippen MR) is 74.4 cm³/mol. The molecule has 1 aliphatic rings. The summed E-state index contributed by atoms with van der Waals surface area (Å²) in [5.74, 6) is -0.524. The number of hydrogen-bond acceptors (Lipinski definition) is 4. The summed E-state index contributed by atoms with van der Waals surface area (Å²) in [5, 5.41) is 3.00. The van der Waals surface area contributed by atoms with Crippen LogP contribution in [0, 0.1) is 0 Å². The predicted octanol–water partition coefficient (Wildman–Crippen LogP) is 1.92. The highest BCUT2D eigenvalue weighted by Gasteiger charge is 2.35. The minimum absolute atomic E-state index is 0.182. The number of nitrogens with zero attached hydrogens (tertiary/aromatic N) is 2. The zero-order chi connectivity index (χ0) is 14.1. The van der Waals surface area contributed by atoms with Crippen molar-refractivity contribution < 1.29 is 9.59 Å². The maximum atomic E-state index is 12.2. The molecule has 0 bridgehead atoms. The molecule has 1 N–H and O–H groups in total. The van der Waals surface area contributed by atoms with E-state index in [9.17, 15) is 9.59 Å². The van der Waals surface area contributed by atoms with Gasteiger partial charge in [-0.3, -0.25) is 19.5 Å². The Kier molecular flexibility index (Phi) is 2.95. The smallest absolute Gasteiger partial charge is 0.261 e. The molecular formula is C15H13N3O2. The van der Waals surface area contributed by atoms with Gasteiger partial charge in [-0.05, 0) is 24.3 Å². The molecule has 20 heavy (non-hydrogen) atoms. The molecule has 0 fully saturated rings. The van der Waals surface area contributed by atoms with Crippen molar-refractivity contribution in [1.29, 1.82) is 0 Å². The van der Waals surface area contributed by atoms with E-state index in [1.165, 1.54) is 4.90 Å². The van der Waals surface area contributed by atoms with Crippen LogP contribution in [0.1, 0.15) is 26.4 Å². The highest BCUT2D eigenvalue weighted by Crippen LogP contribution is 2.24. The number of imide groups is 1. The number of fused-ring (bicyclic) bond motifs is 1. The molecule has 5 nitrogen and oxygen atoms in total. The summed E-state index contributed by atoms with van der Waals surface area (Å²) < 4.78 is 0. The maximum Gasteiger partial charge on any atom is 0.261 e. The second kappa shape index (κ2) is 4.77. The van der Waals surface area contributed by atoms with E-state index in [4.69, 9.17) is 0 Å². The third-order valence-electron chi connectivity index (χ3n) is 3.30. The van der Waals surface area contributed by atoms with Crippen LogP contribution in [0.4, 0.5) is 5.69 Å². The monoisotopic (exact) mass is 267 g/mol. The average molecular weight is 267 g/mol. The van der Waals surface area contributed by atoms with Crippen LogP contribution >= 0.6 is 0 Å². The lowest BCUT2D eigenvalue weighted by molar-refractivity contribution is 0.0640. The third kappa shape index (κ3) is 1.93. The van der Waals surface area contributed by atoms with Gasteiger partial charge in [0.15, 0.2) is 0 Å².